The van der Waals surface area contributed by atoms with Crippen LogP contribution in [0.3, 0.4) is 0 Å². The van der Waals surface area contributed by atoms with Gasteiger partial charge in [-0.15, -0.1) is 0 Å². The van der Waals surface area contributed by atoms with Crippen molar-refractivity contribution in [3.05, 3.63) is 35.9 Å². The molecule has 1 N–H and O–H groups in total. The van der Waals surface area contributed by atoms with Crippen molar-refractivity contribution in [2.75, 3.05) is 0 Å². The molecule has 0 radical (unpaired) electrons. The Hall–Kier alpha value is -0.721. The molecule has 86 valence electrons. The molecule has 0 amide bonds. The average Bonchev–Trinajstić information content (AvgIpc) is 2.21. The van der Waals surface area contributed by atoms with Gasteiger partial charge < -0.3 is 0 Å². The molecule has 0 saturated carbocycles. The van der Waals surface area contributed by atoms with Crippen LogP contribution >= 0.6 is 0 Å². The molecule has 0 bridgehead atoms. The van der Waals surface area contributed by atoms with E-state index in [0.717, 1.165) is 0 Å². The van der Waals surface area contributed by atoms with Gasteiger partial charge >= 0.3 is 97.5 Å². The van der Waals surface area contributed by atoms with E-state index in [-0.39, 0.29) is 5.76 Å². The van der Waals surface area contributed by atoms with E-state index in [4.69, 9.17) is 0 Å². The summed E-state index contributed by atoms with van der Waals surface area (Å²) in [7, 11) is -4.44. The predicted octanol–water partition coefficient (Wildman–Crippen LogP) is -2.90. The molecule has 5 nitrogen and oxygen atoms in total. The van der Waals surface area contributed by atoms with Crippen LogP contribution in [-0.4, -0.2) is 23.8 Å². The van der Waals surface area contributed by atoms with E-state index >= 15 is 0 Å². The second-order valence-corrected chi connectivity index (χ2v) is 7.34. The molecular weight excluding hydrogens is 303 g/mol. The van der Waals surface area contributed by atoms with Crippen LogP contribution in [-0.2, 0) is 3.37 Å². The third-order valence-corrected chi connectivity index (χ3v) is 6.45. The molecule has 1 aromatic rings. The number of rotatable bonds is 2. The number of halogens is 1. The Morgan fingerprint density at radius 2 is 1.88 bits per heavy atom. The number of allylic oxidation sites excluding steroid dienone is 1. The zero-order valence-corrected chi connectivity index (χ0v) is 10.3. The molecular formula is C9H7ClO5Se. The Morgan fingerprint density at radius 1 is 1.19 bits per heavy atom. The molecule has 0 spiro atoms. The minimum absolute atomic E-state index is 0.0409. The molecule has 1 atom stereocenters. The fourth-order valence-corrected chi connectivity index (χ4v) is 5.40. The Labute approximate surface area is 97.7 Å². The third kappa shape index (κ3) is 2.50. The van der Waals surface area contributed by atoms with Gasteiger partial charge in [0.05, 0.1) is 0 Å². The summed E-state index contributed by atoms with van der Waals surface area (Å²) in [5, 5.41) is 9.54. The molecule has 16 heavy (non-hydrogen) atoms. The Kier molecular flexibility index (Phi) is 3.14. The first-order chi connectivity index (χ1) is 7.47. The van der Waals surface area contributed by atoms with Crippen molar-refractivity contribution >= 4 is 28.9 Å². The summed E-state index contributed by atoms with van der Waals surface area (Å²) in [4.78, 5) is 1.43. The molecule has 1 aliphatic rings. The van der Waals surface area contributed by atoms with E-state index < -0.39 is 24.0 Å². The number of aliphatic hydroxyl groups is 1. The predicted molar refractivity (Wildman–Crippen MR) is 49.6 cm³/mol. The summed E-state index contributed by atoms with van der Waals surface area (Å²) in [5.41, 5.74) is 0.508. The van der Waals surface area contributed by atoms with Gasteiger partial charge in [0, 0.05) is 0 Å². The summed E-state index contributed by atoms with van der Waals surface area (Å²) in [6, 6.07) is 6.68. The molecule has 1 heterocycles. The first-order valence-corrected chi connectivity index (χ1v) is 7.93. The molecule has 0 aromatic heterocycles. The average molecular weight is 310 g/mol. The number of hydrogen-bond acceptors (Lipinski definition) is 5. The standard InChI is InChI=1S/C9H7ClO5Se/c11-8-5-6-16(15-10(12,13)14)9-4-2-1-3-7(8)9/h1-6,11H. The molecule has 1 aromatic carbocycles. The zero-order valence-electron chi connectivity index (χ0n) is 7.83. The van der Waals surface area contributed by atoms with Crippen molar-refractivity contribution in [2.24, 2.45) is 0 Å². The van der Waals surface area contributed by atoms with Gasteiger partial charge in [0.2, 0.25) is 0 Å². The van der Waals surface area contributed by atoms with Crippen molar-refractivity contribution in [2.45, 2.75) is 0 Å². The van der Waals surface area contributed by atoms with E-state index in [9.17, 15) is 19.1 Å². The maximum atomic E-state index is 10.5. The van der Waals surface area contributed by atoms with Gasteiger partial charge in [-0.2, -0.15) is 0 Å². The molecule has 0 aliphatic carbocycles. The van der Waals surface area contributed by atoms with Gasteiger partial charge in [0.25, 0.3) is 0 Å². The zero-order chi connectivity index (χ0) is 11.8. The van der Waals surface area contributed by atoms with Crippen LogP contribution in [0.5, 0.6) is 0 Å². The van der Waals surface area contributed by atoms with E-state index in [1.807, 2.05) is 0 Å². The van der Waals surface area contributed by atoms with E-state index in [1.54, 1.807) is 24.3 Å². The number of benzene rings is 1. The number of fused-ring (bicyclic) bond motifs is 1. The molecule has 2 rings (SSSR count). The van der Waals surface area contributed by atoms with Crippen LogP contribution in [0.4, 0.5) is 0 Å². The van der Waals surface area contributed by atoms with E-state index in [2.05, 4.69) is 3.37 Å². The van der Waals surface area contributed by atoms with Gasteiger partial charge in [-0.25, -0.2) is 0 Å². The fourth-order valence-electron chi connectivity index (χ4n) is 1.28. The quantitative estimate of drug-likeness (QED) is 0.591. The van der Waals surface area contributed by atoms with Crippen molar-refractivity contribution in [1.29, 1.82) is 0 Å². The van der Waals surface area contributed by atoms with E-state index in [1.165, 1.54) is 11.0 Å². The summed E-state index contributed by atoms with van der Waals surface area (Å²) < 4.78 is 36.6. The summed E-state index contributed by atoms with van der Waals surface area (Å²) in [6.07, 6.45) is 1.35. The van der Waals surface area contributed by atoms with Crippen LogP contribution in [0.25, 0.3) is 5.76 Å². The fraction of sp³-hybridized carbons (Fsp3) is 0. The number of aliphatic hydroxyl groups excluding tert-OH is 1. The Bertz CT molecular complexity index is 477. The van der Waals surface area contributed by atoms with Crippen molar-refractivity contribution in [1.82, 2.24) is 0 Å². The molecule has 0 saturated heterocycles. The summed E-state index contributed by atoms with van der Waals surface area (Å²) in [5.74, 6) is 0.0409. The second-order valence-electron chi connectivity index (χ2n) is 2.92. The molecule has 7 heteroatoms. The van der Waals surface area contributed by atoms with Crippen molar-refractivity contribution in [3.8, 4) is 0 Å². The monoisotopic (exact) mass is 310 g/mol. The Balaban J connectivity index is 2.43. The van der Waals surface area contributed by atoms with Gasteiger partial charge in [0.1, 0.15) is 0 Å². The summed E-state index contributed by atoms with van der Waals surface area (Å²) >= 11 is -2.31. The molecule has 0 fully saturated rings. The van der Waals surface area contributed by atoms with Gasteiger partial charge in [-0.3, -0.25) is 0 Å². The van der Waals surface area contributed by atoms with Gasteiger partial charge in [-0.1, -0.05) is 0 Å². The van der Waals surface area contributed by atoms with Crippen LogP contribution in [0.2, 0.25) is 0 Å². The maximum absolute atomic E-state index is 10.5. The van der Waals surface area contributed by atoms with E-state index in [0.29, 0.717) is 10.0 Å². The van der Waals surface area contributed by atoms with Crippen LogP contribution < -0.4 is 18.4 Å². The second kappa shape index (κ2) is 4.27. The normalized spacial score (nSPS) is 19.7. The first-order valence-electron chi connectivity index (χ1n) is 4.15. The SMILES string of the molecule is [O-][Cl+3]([O-])([O-])O[Se]1=CC=C(O)c2ccccc21. The van der Waals surface area contributed by atoms with Gasteiger partial charge in [-0.05, 0) is 0 Å². The third-order valence-electron chi connectivity index (χ3n) is 1.87. The van der Waals surface area contributed by atoms with Crippen LogP contribution in [0.15, 0.2) is 30.3 Å². The van der Waals surface area contributed by atoms with Crippen LogP contribution in [0.1, 0.15) is 5.56 Å². The van der Waals surface area contributed by atoms with Crippen molar-refractivity contribution in [3.63, 3.8) is 0 Å². The molecule has 1 unspecified atom stereocenters. The Morgan fingerprint density at radius 3 is 2.56 bits per heavy atom. The first kappa shape index (κ1) is 11.8. The molecule has 1 aliphatic heterocycles. The minimum atomic E-state index is -4.44. The topological polar surface area (TPSA) is 98.6 Å². The summed E-state index contributed by atoms with van der Waals surface area (Å²) in [6.45, 7) is 0. The number of hydrogen-bond donors (Lipinski definition) is 1. The van der Waals surface area contributed by atoms with Crippen LogP contribution in [0, 0.1) is 10.2 Å². The van der Waals surface area contributed by atoms with Gasteiger partial charge in [0.15, 0.2) is 0 Å². The van der Waals surface area contributed by atoms with Crippen molar-refractivity contribution < 1.29 is 32.7 Å².